The van der Waals surface area contributed by atoms with Gasteiger partial charge in [0.2, 0.25) is 0 Å². The fraction of sp³-hybridized carbons (Fsp3) is 0.429. The molecule has 10 heavy (non-hydrogen) atoms. The van der Waals surface area contributed by atoms with Crippen LogP contribution in [0.15, 0.2) is 5.38 Å². The first-order chi connectivity index (χ1) is 4.88. The van der Waals surface area contributed by atoms with Crippen LogP contribution in [0, 0.1) is 6.92 Å². The second-order valence-corrected chi connectivity index (χ2v) is 3.52. The van der Waals surface area contributed by atoms with E-state index in [1.165, 1.54) is 16.3 Å². The van der Waals surface area contributed by atoms with Gasteiger partial charge in [-0.15, -0.1) is 11.3 Å². The molecule has 1 aromatic heterocycles. The summed E-state index contributed by atoms with van der Waals surface area (Å²) in [5, 5.41) is 8.85. The highest BCUT2D eigenvalue weighted by Gasteiger charge is 2.10. The van der Waals surface area contributed by atoms with Gasteiger partial charge >= 0.3 is 0 Å². The maximum Gasteiger partial charge on any atom is 0.0715 e. The number of anilines is 2. The second kappa shape index (κ2) is 2.16. The molecule has 1 aliphatic heterocycles. The molecule has 54 valence electrons. The van der Waals surface area contributed by atoms with E-state index in [1.54, 1.807) is 11.3 Å². The lowest BCUT2D eigenvalue weighted by atomic mass is 10.3. The lowest BCUT2D eigenvalue weighted by molar-refractivity contribution is 1.05. The van der Waals surface area contributed by atoms with Crippen LogP contribution in [0.1, 0.15) is 4.88 Å². The quantitative estimate of drug-likeness (QED) is 0.596. The molecule has 0 aromatic carbocycles. The standard InChI is InChI=1S/C7H10N2S/c1-5-7-6(4-10-5)8-2-3-9-7/h4,8-9H,2-3H2,1H3. The van der Waals surface area contributed by atoms with Crippen LogP contribution in [0.3, 0.4) is 0 Å². The van der Waals surface area contributed by atoms with Crippen molar-refractivity contribution in [3.05, 3.63) is 10.3 Å². The monoisotopic (exact) mass is 154 g/mol. The summed E-state index contributed by atoms with van der Waals surface area (Å²) in [5.74, 6) is 0. The maximum absolute atomic E-state index is 3.36. The van der Waals surface area contributed by atoms with Gasteiger partial charge in [0.25, 0.3) is 0 Å². The summed E-state index contributed by atoms with van der Waals surface area (Å²) in [6.07, 6.45) is 0. The number of hydrogen-bond acceptors (Lipinski definition) is 3. The van der Waals surface area contributed by atoms with Crippen LogP contribution >= 0.6 is 11.3 Å². The van der Waals surface area contributed by atoms with Crippen molar-refractivity contribution in [2.75, 3.05) is 23.7 Å². The zero-order chi connectivity index (χ0) is 6.97. The number of hydrogen-bond donors (Lipinski definition) is 2. The molecule has 0 spiro atoms. The summed E-state index contributed by atoms with van der Waals surface area (Å²) in [4.78, 5) is 1.38. The molecular weight excluding hydrogens is 144 g/mol. The molecule has 2 heterocycles. The topological polar surface area (TPSA) is 24.1 Å². The summed E-state index contributed by atoms with van der Waals surface area (Å²) < 4.78 is 0. The van der Waals surface area contributed by atoms with Crippen molar-refractivity contribution in [1.29, 1.82) is 0 Å². The highest BCUT2D eigenvalue weighted by Crippen LogP contribution is 2.33. The van der Waals surface area contributed by atoms with E-state index < -0.39 is 0 Å². The summed E-state index contributed by atoms with van der Waals surface area (Å²) in [6, 6.07) is 0. The molecule has 0 saturated carbocycles. The fourth-order valence-corrected chi connectivity index (χ4v) is 1.99. The van der Waals surface area contributed by atoms with Gasteiger partial charge in [0, 0.05) is 23.3 Å². The molecular formula is C7H10N2S. The third-order valence-electron chi connectivity index (χ3n) is 1.72. The SMILES string of the molecule is Cc1scc2c1NCCN2. The van der Waals surface area contributed by atoms with Crippen molar-refractivity contribution in [2.45, 2.75) is 6.92 Å². The van der Waals surface area contributed by atoms with Gasteiger partial charge in [-0.3, -0.25) is 0 Å². The Hall–Kier alpha value is -0.700. The van der Waals surface area contributed by atoms with Crippen molar-refractivity contribution < 1.29 is 0 Å². The van der Waals surface area contributed by atoms with Crippen molar-refractivity contribution in [1.82, 2.24) is 0 Å². The molecule has 3 heteroatoms. The van der Waals surface area contributed by atoms with Crippen molar-refractivity contribution in [3.63, 3.8) is 0 Å². The van der Waals surface area contributed by atoms with Gasteiger partial charge in [-0.1, -0.05) is 0 Å². The van der Waals surface area contributed by atoms with Gasteiger partial charge in [0.1, 0.15) is 0 Å². The van der Waals surface area contributed by atoms with Crippen LogP contribution in [0.25, 0.3) is 0 Å². The Bertz CT molecular complexity index is 242. The summed E-state index contributed by atoms with van der Waals surface area (Å²) in [7, 11) is 0. The Labute approximate surface area is 64.3 Å². The minimum absolute atomic E-state index is 1.04. The van der Waals surface area contributed by atoms with E-state index in [-0.39, 0.29) is 0 Å². The molecule has 2 nitrogen and oxygen atoms in total. The minimum atomic E-state index is 1.04. The van der Waals surface area contributed by atoms with E-state index in [2.05, 4.69) is 22.9 Å². The van der Waals surface area contributed by atoms with E-state index in [0.717, 1.165) is 13.1 Å². The summed E-state index contributed by atoms with van der Waals surface area (Å²) >= 11 is 1.80. The third kappa shape index (κ3) is 0.778. The summed E-state index contributed by atoms with van der Waals surface area (Å²) in [5.41, 5.74) is 2.57. The van der Waals surface area contributed by atoms with Gasteiger partial charge in [0.15, 0.2) is 0 Å². The molecule has 2 N–H and O–H groups in total. The molecule has 0 amide bonds. The number of fused-ring (bicyclic) bond motifs is 1. The second-order valence-electron chi connectivity index (χ2n) is 2.43. The van der Waals surface area contributed by atoms with E-state index in [0.29, 0.717) is 0 Å². The molecule has 0 atom stereocenters. The van der Waals surface area contributed by atoms with Crippen LogP contribution < -0.4 is 10.6 Å². The smallest absolute Gasteiger partial charge is 0.0715 e. The van der Waals surface area contributed by atoms with Gasteiger partial charge in [0.05, 0.1) is 11.4 Å². The van der Waals surface area contributed by atoms with Gasteiger partial charge in [-0.25, -0.2) is 0 Å². The van der Waals surface area contributed by atoms with Crippen LogP contribution in [-0.2, 0) is 0 Å². The maximum atomic E-state index is 3.36. The van der Waals surface area contributed by atoms with E-state index in [1.807, 2.05) is 0 Å². The number of aryl methyl sites for hydroxylation is 1. The highest BCUT2D eigenvalue weighted by atomic mass is 32.1. The van der Waals surface area contributed by atoms with Gasteiger partial charge < -0.3 is 10.6 Å². The van der Waals surface area contributed by atoms with E-state index in [9.17, 15) is 0 Å². The average molecular weight is 154 g/mol. The largest absolute Gasteiger partial charge is 0.381 e. The first-order valence-corrected chi connectivity index (χ1v) is 4.32. The molecule has 1 aromatic rings. The Morgan fingerprint density at radius 1 is 1.40 bits per heavy atom. The molecule has 0 aliphatic carbocycles. The molecule has 2 rings (SSSR count). The predicted octanol–water partition coefficient (Wildman–Crippen LogP) is 1.89. The Balaban J connectivity index is 2.45. The first-order valence-electron chi connectivity index (χ1n) is 3.44. The van der Waals surface area contributed by atoms with Gasteiger partial charge in [-0.2, -0.15) is 0 Å². The highest BCUT2D eigenvalue weighted by molar-refractivity contribution is 7.11. The molecule has 0 saturated heterocycles. The first kappa shape index (κ1) is 6.04. The van der Waals surface area contributed by atoms with E-state index >= 15 is 0 Å². The molecule has 0 bridgehead atoms. The predicted molar refractivity (Wildman–Crippen MR) is 46.0 cm³/mol. The normalized spacial score (nSPS) is 15.3. The van der Waals surface area contributed by atoms with Crippen molar-refractivity contribution in [2.24, 2.45) is 0 Å². The number of nitrogens with one attached hydrogen (secondary N) is 2. The van der Waals surface area contributed by atoms with Crippen LogP contribution in [0.5, 0.6) is 0 Å². The molecule has 1 aliphatic rings. The average Bonchev–Trinajstić information content (AvgIpc) is 2.34. The fourth-order valence-electron chi connectivity index (χ4n) is 1.19. The van der Waals surface area contributed by atoms with Crippen molar-refractivity contribution >= 4 is 22.7 Å². The van der Waals surface area contributed by atoms with Crippen LogP contribution in [0.4, 0.5) is 11.4 Å². The Kier molecular flexibility index (Phi) is 1.31. The molecule has 0 fully saturated rings. The zero-order valence-electron chi connectivity index (χ0n) is 5.90. The third-order valence-corrected chi connectivity index (χ3v) is 2.63. The van der Waals surface area contributed by atoms with Crippen molar-refractivity contribution in [3.8, 4) is 0 Å². The number of rotatable bonds is 0. The number of thiophene rings is 1. The molecule has 0 unspecified atom stereocenters. The zero-order valence-corrected chi connectivity index (χ0v) is 6.72. The molecule has 0 radical (unpaired) electrons. The van der Waals surface area contributed by atoms with Crippen LogP contribution in [-0.4, -0.2) is 13.1 Å². The van der Waals surface area contributed by atoms with E-state index in [4.69, 9.17) is 0 Å². The Morgan fingerprint density at radius 2 is 2.20 bits per heavy atom. The van der Waals surface area contributed by atoms with Gasteiger partial charge in [-0.05, 0) is 6.92 Å². The van der Waals surface area contributed by atoms with Crippen LogP contribution in [0.2, 0.25) is 0 Å². The lowest BCUT2D eigenvalue weighted by Gasteiger charge is -2.16. The lowest BCUT2D eigenvalue weighted by Crippen LogP contribution is -2.19. The minimum Gasteiger partial charge on any atom is -0.381 e. The Morgan fingerprint density at radius 3 is 3.00 bits per heavy atom. The summed E-state index contributed by atoms with van der Waals surface area (Å²) in [6.45, 7) is 4.23.